The Morgan fingerprint density at radius 1 is 1.22 bits per heavy atom. The molecule has 0 atom stereocenters. The van der Waals surface area contributed by atoms with Crippen LogP contribution >= 0.6 is 15.9 Å². The number of terminal acetylenes is 1. The number of hydrogen-bond acceptors (Lipinski definition) is 4. The molecule has 0 aliphatic carbocycles. The topological polar surface area (TPSA) is 44.8 Å². The molecular weight excluding hydrogens is 360 g/mol. The second-order valence-electron chi connectivity index (χ2n) is 4.56. The number of esters is 1. The number of carbonyl (C=O) groups excluding carboxylic acids is 1. The number of benzene rings is 2. The number of rotatable bonds is 6. The molecule has 118 valence electrons. The maximum absolute atomic E-state index is 11.8. The Morgan fingerprint density at radius 3 is 2.74 bits per heavy atom. The standard InChI is InChI=1S/C18H15BrO4/c1-3-9-22-18(20)14-7-8-16(17(11-14)21-2)23-12-13-5-4-6-15(19)10-13/h1,4-8,10-11H,9,12H2,2H3. The van der Waals surface area contributed by atoms with Crippen LogP contribution in [0.15, 0.2) is 46.9 Å². The Bertz CT molecular complexity index is 734. The van der Waals surface area contributed by atoms with Gasteiger partial charge in [0.05, 0.1) is 12.7 Å². The van der Waals surface area contributed by atoms with E-state index in [0.717, 1.165) is 10.0 Å². The van der Waals surface area contributed by atoms with Crippen molar-refractivity contribution in [2.75, 3.05) is 13.7 Å². The van der Waals surface area contributed by atoms with Gasteiger partial charge < -0.3 is 14.2 Å². The Morgan fingerprint density at radius 2 is 2.04 bits per heavy atom. The van der Waals surface area contributed by atoms with Gasteiger partial charge in [-0.15, -0.1) is 6.42 Å². The van der Waals surface area contributed by atoms with Crippen LogP contribution < -0.4 is 9.47 Å². The molecule has 2 rings (SSSR count). The molecule has 0 aliphatic heterocycles. The largest absolute Gasteiger partial charge is 0.493 e. The maximum Gasteiger partial charge on any atom is 0.339 e. The van der Waals surface area contributed by atoms with Gasteiger partial charge in [-0.1, -0.05) is 34.0 Å². The lowest BCUT2D eigenvalue weighted by atomic mass is 10.2. The minimum Gasteiger partial charge on any atom is -0.493 e. The number of hydrogen-bond donors (Lipinski definition) is 0. The molecule has 0 saturated carbocycles. The summed E-state index contributed by atoms with van der Waals surface area (Å²) in [4.78, 5) is 11.8. The fraction of sp³-hybridized carbons (Fsp3) is 0.167. The van der Waals surface area contributed by atoms with Gasteiger partial charge in [-0.05, 0) is 35.9 Å². The lowest BCUT2D eigenvalue weighted by molar-refractivity contribution is 0.0556. The summed E-state index contributed by atoms with van der Waals surface area (Å²) in [5, 5.41) is 0. The molecule has 0 spiro atoms. The molecule has 0 amide bonds. The molecule has 0 unspecified atom stereocenters. The Balaban J connectivity index is 2.10. The highest BCUT2D eigenvalue weighted by atomic mass is 79.9. The van der Waals surface area contributed by atoms with Crippen LogP contribution in [0.1, 0.15) is 15.9 Å². The van der Waals surface area contributed by atoms with Gasteiger partial charge in [-0.3, -0.25) is 0 Å². The van der Waals surface area contributed by atoms with E-state index in [9.17, 15) is 4.79 Å². The molecule has 2 aromatic rings. The SMILES string of the molecule is C#CCOC(=O)c1ccc(OCc2cccc(Br)c2)c(OC)c1. The first kappa shape index (κ1) is 16.9. The fourth-order valence-electron chi connectivity index (χ4n) is 1.89. The summed E-state index contributed by atoms with van der Waals surface area (Å²) < 4.78 is 16.9. The van der Waals surface area contributed by atoms with Crippen molar-refractivity contribution in [1.82, 2.24) is 0 Å². The van der Waals surface area contributed by atoms with Gasteiger partial charge in [0.1, 0.15) is 6.61 Å². The van der Waals surface area contributed by atoms with Crippen molar-refractivity contribution >= 4 is 21.9 Å². The predicted molar refractivity (Wildman–Crippen MR) is 90.6 cm³/mol. The summed E-state index contributed by atoms with van der Waals surface area (Å²) in [6, 6.07) is 12.7. The van der Waals surface area contributed by atoms with Gasteiger partial charge >= 0.3 is 5.97 Å². The van der Waals surface area contributed by atoms with E-state index in [-0.39, 0.29) is 6.61 Å². The first-order chi connectivity index (χ1) is 11.1. The predicted octanol–water partition coefficient (Wildman–Crippen LogP) is 3.83. The van der Waals surface area contributed by atoms with E-state index >= 15 is 0 Å². The third-order valence-corrected chi connectivity index (χ3v) is 3.46. The molecule has 0 saturated heterocycles. The molecule has 2 aromatic carbocycles. The monoisotopic (exact) mass is 374 g/mol. The number of ether oxygens (including phenoxy) is 3. The van der Waals surface area contributed by atoms with Crippen LogP contribution in [0, 0.1) is 12.3 Å². The maximum atomic E-state index is 11.8. The summed E-state index contributed by atoms with van der Waals surface area (Å²) >= 11 is 3.42. The van der Waals surface area contributed by atoms with E-state index in [1.165, 1.54) is 7.11 Å². The van der Waals surface area contributed by atoms with E-state index in [4.69, 9.17) is 20.6 Å². The molecule has 0 bridgehead atoms. The van der Waals surface area contributed by atoms with Crippen molar-refractivity contribution in [3.8, 4) is 23.8 Å². The van der Waals surface area contributed by atoms with Crippen molar-refractivity contribution in [3.63, 3.8) is 0 Å². The highest BCUT2D eigenvalue weighted by molar-refractivity contribution is 9.10. The van der Waals surface area contributed by atoms with Crippen molar-refractivity contribution < 1.29 is 19.0 Å². The van der Waals surface area contributed by atoms with Crippen LogP contribution in [0.25, 0.3) is 0 Å². The van der Waals surface area contributed by atoms with Gasteiger partial charge in [0.25, 0.3) is 0 Å². The van der Waals surface area contributed by atoms with Gasteiger partial charge in [0.15, 0.2) is 18.1 Å². The van der Waals surface area contributed by atoms with Gasteiger partial charge in [-0.2, -0.15) is 0 Å². The average molecular weight is 375 g/mol. The van der Waals surface area contributed by atoms with Gasteiger partial charge in [0, 0.05) is 4.47 Å². The first-order valence-electron chi connectivity index (χ1n) is 6.80. The van der Waals surface area contributed by atoms with Crippen molar-refractivity contribution in [2.45, 2.75) is 6.61 Å². The van der Waals surface area contributed by atoms with Gasteiger partial charge in [-0.25, -0.2) is 4.79 Å². The molecule has 0 aromatic heterocycles. The van der Waals surface area contributed by atoms with E-state index < -0.39 is 5.97 Å². The molecular formula is C18H15BrO4. The highest BCUT2D eigenvalue weighted by Crippen LogP contribution is 2.29. The summed E-state index contributed by atoms with van der Waals surface area (Å²) in [5.74, 6) is 2.74. The normalized spacial score (nSPS) is 9.78. The lowest BCUT2D eigenvalue weighted by Crippen LogP contribution is -2.06. The van der Waals surface area contributed by atoms with Crippen molar-refractivity contribution in [1.29, 1.82) is 0 Å². The molecule has 0 aliphatic rings. The second kappa shape index (κ2) is 8.25. The minimum absolute atomic E-state index is 0.0672. The molecule has 5 heteroatoms. The number of methoxy groups -OCH3 is 1. The second-order valence-corrected chi connectivity index (χ2v) is 5.48. The van der Waals surface area contributed by atoms with Crippen LogP contribution in [0.3, 0.4) is 0 Å². The van der Waals surface area contributed by atoms with Crippen LogP contribution in [-0.2, 0) is 11.3 Å². The molecule has 4 nitrogen and oxygen atoms in total. The molecule has 0 heterocycles. The van der Waals surface area contributed by atoms with E-state index in [0.29, 0.717) is 23.7 Å². The van der Waals surface area contributed by atoms with Gasteiger partial charge in [0.2, 0.25) is 0 Å². The Kier molecular flexibility index (Phi) is 6.07. The lowest BCUT2D eigenvalue weighted by Gasteiger charge is -2.12. The molecule has 0 fully saturated rings. The molecule has 0 radical (unpaired) electrons. The average Bonchev–Trinajstić information content (AvgIpc) is 2.57. The van der Waals surface area contributed by atoms with Crippen LogP contribution in [0.4, 0.5) is 0 Å². The molecule has 23 heavy (non-hydrogen) atoms. The summed E-state index contributed by atoms with van der Waals surface area (Å²) in [7, 11) is 1.51. The number of halogens is 1. The Labute approximate surface area is 143 Å². The van der Waals surface area contributed by atoms with E-state index in [1.807, 2.05) is 24.3 Å². The fourth-order valence-corrected chi connectivity index (χ4v) is 2.34. The zero-order valence-electron chi connectivity index (χ0n) is 12.5. The van der Waals surface area contributed by atoms with Crippen LogP contribution in [0.5, 0.6) is 11.5 Å². The van der Waals surface area contributed by atoms with Crippen LogP contribution in [0.2, 0.25) is 0 Å². The van der Waals surface area contributed by atoms with Crippen molar-refractivity contribution in [3.05, 3.63) is 58.1 Å². The third-order valence-electron chi connectivity index (χ3n) is 2.97. The molecule has 0 N–H and O–H groups in total. The highest BCUT2D eigenvalue weighted by Gasteiger charge is 2.12. The summed E-state index contributed by atoms with van der Waals surface area (Å²) in [5.41, 5.74) is 1.37. The van der Waals surface area contributed by atoms with E-state index in [2.05, 4.69) is 21.9 Å². The zero-order chi connectivity index (χ0) is 16.7. The minimum atomic E-state index is -0.500. The van der Waals surface area contributed by atoms with E-state index in [1.54, 1.807) is 18.2 Å². The smallest absolute Gasteiger partial charge is 0.339 e. The first-order valence-corrected chi connectivity index (χ1v) is 7.59. The third kappa shape index (κ3) is 4.76. The zero-order valence-corrected chi connectivity index (χ0v) is 14.1. The number of carbonyl (C=O) groups is 1. The summed E-state index contributed by atoms with van der Waals surface area (Å²) in [6.07, 6.45) is 5.07. The summed E-state index contributed by atoms with van der Waals surface area (Å²) in [6.45, 7) is 0.318. The van der Waals surface area contributed by atoms with Crippen molar-refractivity contribution in [2.24, 2.45) is 0 Å². The quantitative estimate of drug-likeness (QED) is 0.569. The Hall–Kier alpha value is -2.45. The van der Waals surface area contributed by atoms with Crippen LogP contribution in [-0.4, -0.2) is 19.7 Å².